The highest BCUT2D eigenvalue weighted by Gasteiger charge is 2.01. The Morgan fingerprint density at radius 1 is 1.00 bits per heavy atom. The van der Waals surface area contributed by atoms with Crippen LogP contribution in [0.15, 0.2) is 42.5 Å². The van der Waals surface area contributed by atoms with E-state index in [-0.39, 0.29) is 19.0 Å². The summed E-state index contributed by atoms with van der Waals surface area (Å²) >= 11 is 0. The summed E-state index contributed by atoms with van der Waals surface area (Å²) in [5.74, 6) is 4.60. The molecule has 0 unspecified atom stereocenters. The van der Waals surface area contributed by atoms with Gasteiger partial charge in [0.15, 0.2) is 0 Å². The van der Waals surface area contributed by atoms with Crippen molar-refractivity contribution in [1.82, 2.24) is 0 Å². The Bertz CT molecular complexity index is 640. The quantitative estimate of drug-likeness (QED) is 0.872. The Kier molecular flexibility index (Phi) is 4.70. The summed E-state index contributed by atoms with van der Waals surface area (Å²) in [5.41, 5.74) is 1.20. The predicted molar refractivity (Wildman–Crippen MR) is 71.1 cm³/mol. The van der Waals surface area contributed by atoms with Gasteiger partial charge in [0.05, 0.1) is 0 Å². The van der Waals surface area contributed by atoms with Crippen molar-refractivity contribution in [3.8, 4) is 17.6 Å². The van der Waals surface area contributed by atoms with Gasteiger partial charge in [-0.15, -0.1) is 0 Å². The molecule has 0 fully saturated rings. The summed E-state index contributed by atoms with van der Waals surface area (Å²) in [6.07, 6.45) is 0. The molecule has 0 aromatic heterocycles. The molecular weight excluding hydrogens is 262 g/mol. The molecule has 2 aromatic rings. The molecule has 2 nitrogen and oxygen atoms in total. The zero-order valence-corrected chi connectivity index (χ0v) is 10.6. The number of ether oxygens (including phenoxy) is 1. The van der Waals surface area contributed by atoms with E-state index in [0.29, 0.717) is 11.3 Å². The standard InChI is InChI=1S/C16H12F2O2/c17-14-5-3-12(4-6-14)11-20-16-9-13(2-1-7-19)8-15(18)10-16/h3-6,8-10,19H,7,11H2. The molecule has 2 aromatic carbocycles. The van der Waals surface area contributed by atoms with Gasteiger partial charge in [-0.1, -0.05) is 24.0 Å². The fourth-order valence-corrected chi connectivity index (χ4v) is 1.61. The third-order valence-corrected chi connectivity index (χ3v) is 2.50. The van der Waals surface area contributed by atoms with E-state index in [1.165, 1.54) is 24.3 Å². The van der Waals surface area contributed by atoms with Gasteiger partial charge in [-0.05, 0) is 29.8 Å². The second-order valence-electron chi connectivity index (χ2n) is 4.05. The molecule has 0 aliphatic heterocycles. The maximum absolute atomic E-state index is 13.4. The van der Waals surface area contributed by atoms with E-state index in [1.54, 1.807) is 18.2 Å². The van der Waals surface area contributed by atoms with Crippen LogP contribution in [0.1, 0.15) is 11.1 Å². The second-order valence-corrected chi connectivity index (χ2v) is 4.05. The highest BCUT2D eigenvalue weighted by molar-refractivity contribution is 5.40. The maximum atomic E-state index is 13.4. The molecule has 0 bridgehead atoms. The normalized spacial score (nSPS) is 9.75. The summed E-state index contributed by atoms with van der Waals surface area (Å²) in [6.45, 7) is -0.0844. The molecule has 0 aliphatic rings. The highest BCUT2D eigenvalue weighted by atomic mass is 19.1. The van der Waals surface area contributed by atoms with Crippen molar-refractivity contribution < 1.29 is 18.6 Å². The molecule has 0 aliphatic carbocycles. The Hall–Kier alpha value is -2.38. The first kappa shape index (κ1) is 14.0. The molecule has 0 spiro atoms. The first-order valence-electron chi connectivity index (χ1n) is 5.95. The number of benzene rings is 2. The van der Waals surface area contributed by atoms with Crippen molar-refractivity contribution in [2.75, 3.05) is 6.61 Å². The number of hydrogen-bond donors (Lipinski definition) is 1. The Balaban J connectivity index is 2.09. The number of rotatable bonds is 3. The van der Waals surface area contributed by atoms with Gasteiger partial charge in [0, 0.05) is 11.6 Å². The average Bonchev–Trinajstić information content (AvgIpc) is 2.44. The summed E-state index contributed by atoms with van der Waals surface area (Å²) in [7, 11) is 0. The Morgan fingerprint density at radius 2 is 1.75 bits per heavy atom. The molecule has 0 amide bonds. The summed E-state index contributed by atoms with van der Waals surface area (Å²) < 4.78 is 31.6. The van der Waals surface area contributed by atoms with E-state index in [1.807, 2.05) is 0 Å². The SMILES string of the molecule is OCC#Cc1cc(F)cc(OCc2ccc(F)cc2)c1. The number of aliphatic hydroxyl groups excluding tert-OH is 1. The van der Waals surface area contributed by atoms with Crippen LogP contribution in [-0.4, -0.2) is 11.7 Å². The first-order chi connectivity index (χ1) is 9.67. The van der Waals surface area contributed by atoms with Crippen LogP contribution in [0, 0.1) is 23.5 Å². The van der Waals surface area contributed by atoms with Crippen molar-refractivity contribution in [2.45, 2.75) is 6.61 Å². The van der Waals surface area contributed by atoms with Crippen molar-refractivity contribution in [2.24, 2.45) is 0 Å². The third-order valence-electron chi connectivity index (χ3n) is 2.50. The molecular formula is C16H12F2O2. The molecule has 2 rings (SSSR count). The average molecular weight is 274 g/mol. The topological polar surface area (TPSA) is 29.5 Å². The van der Waals surface area contributed by atoms with Gasteiger partial charge in [0.2, 0.25) is 0 Å². The van der Waals surface area contributed by atoms with Crippen LogP contribution < -0.4 is 4.74 Å². The lowest BCUT2D eigenvalue weighted by molar-refractivity contribution is 0.304. The maximum Gasteiger partial charge on any atom is 0.128 e. The molecule has 20 heavy (non-hydrogen) atoms. The van der Waals surface area contributed by atoms with Gasteiger partial charge in [-0.3, -0.25) is 0 Å². The predicted octanol–water partition coefficient (Wildman–Crippen LogP) is 2.89. The zero-order valence-electron chi connectivity index (χ0n) is 10.6. The van der Waals surface area contributed by atoms with Crippen LogP contribution >= 0.6 is 0 Å². The van der Waals surface area contributed by atoms with Gasteiger partial charge in [0.1, 0.15) is 30.6 Å². The van der Waals surface area contributed by atoms with Crippen molar-refractivity contribution in [1.29, 1.82) is 0 Å². The Morgan fingerprint density at radius 3 is 2.45 bits per heavy atom. The highest BCUT2D eigenvalue weighted by Crippen LogP contribution is 2.17. The van der Waals surface area contributed by atoms with E-state index < -0.39 is 5.82 Å². The minimum Gasteiger partial charge on any atom is -0.489 e. The minimum absolute atomic E-state index is 0.205. The summed E-state index contributed by atoms with van der Waals surface area (Å²) in [5, 5.41) is 8.61. The monoisotopic (exact) mass is 274 g/mol. The molecule has 4 heteroatoms. The van der Waals surface area contributed by atoms with Crippen molar-refractivity contribution in [3.63, 3.8) is 0 Å². The van der Waals surface area contributed by atoms with E-state index in [9.17, 15) is 8.78 Å². The fourth-order valence-electron chi connectivity index (χ4n) is 1.61. The second kappa shape index (κ2) is 6.69. The van der Waals surface area contributed by atoms with Gasteiger partial charge >= 0.3 is 0 Å². The minimum atomic E-state index is -0.469. The molecule has 0 atom stereocenters. The van der Waals surface area contributed by atoms with Crippen molar-refractivity contribution in [3.05, 3.63) is 65.2 Å². The lowest BCUT2D eigenvalue weighted by Gasteiger charge is -2.07. The lowest BCUT2D eigenvalue weighted by Crippen LogP contribution is -1.96. The molecule has 0 saturated carbocycles. The molecule has 1 N–H and O–H groups in total. The molecule has 0 heterocycles. The first-order valence-corrected chi connectivity index (χ1v) is 5.95. The van der Waals surface area contributed by atoms with Gasteiger partial charge in [0.25, 0.3) is 0 Å². The smallest absolute Gasteiger partial charge is 0.128 e. The summed E-state index contributed by atoms with van der Waals surface area (Å²) in [4.78, 5) is 0. The van der Waals surface area contributed by atoms with Crippen LogP contribution in [0.25, 0.3) is 0 Å². The van der Waals surface area contributed by atoms with E-state index >= 15 is 0 Å². The largest absolute Gasteiger partial charge is 0.489 e. The zero-order chi connectivity index (χ0) is 14.4. The van der Waals surface area contributed by atoms with Crippen LogP contribution in [-0.2, 0) is 6.61 Å². The van der Waals surface area contributed by atoms with Gasteiger partial charge < -0.3 is 9.84 Å². The van der Waals surface area contributed by atoms with Gasteiger partial charge in [-0.2, -0.15) is 0 Å². The van der Waals surface area contributed by atoms with Crippen LogP contribution in [0.4, 0.5) is 8.78 Å². The van der Waals surface area contributed by atoms with E-state index in [0.717, 1.165) is 5.56 Å². The van der Waals surface area contributed by atoms with Crippen molar-refractivity contribution >= 4 is 0 Å². The number of hydrogen-bond acceptors (Lipinski definition) is 2. The van der Waals surface area contributed by atoms with E-state index in [4.69, 9.17) is 9.84 Å². The Labute approximate surface area is 115 Å². The van der Waals surface area contributed by atoms with Gasteiger partial charge in [-0.25, -0.2) is 8.78 Å². The third kappa shape index (κ3) is 4.08. The molecule has 0 radical (unpaired) electrons. The number of halogens is 2. The molecule has 102 valence electrons. The van der Waals surface area contributed by atoms with Crippen LogP contribution in [0.3, 0.4) is 0 Å². The van der Waals surface area contributed by atoms with Crippen LogP contribution in [0.5, 0.6) is 5.75 Å². The van der Waals surface area contributed by atoms with Crippen LogP contribution in [0.2, 0.25) is 0 Å². The molecule has 0 saturated heterocycles. The summed E-state index contributed by atoms with van der Waals surface area (Å²) in [6, 6.07) is 9.95. The fraction of sp³-hybridized carbons (Fsp3) is 0.125. The number of aliphatic hydroxyl groups is 1. The lowest BCUT2D eigenvalue weighted by atomic mass is 10.2. The van der Waals surface area contributed by atoms with E-state index in [2.05, 4.69) is 11.8 Å².